The summed E-state index contributed by atoms with van der Waals surface area (Å²) in [5.41, 5.74) is 1.92. The first-order valence-electron chi connectivity index (χ1n) is 6.28. The molecule has 18 heavy (non-hydrogen) atoms. The second kappa shape index (κ2) is 6.05. The van der Waals surface area contributed by atoms with Gasteiger partial charge in [0, 0.05) is 25.5 Å². The third kappa shape index (κ3) is 3.00. The molecular formula is C13H19N5. The van der Waals surface area contributed by atoms with Crippen LogP contribution < -0.4 is 10.6 Å². The van der Waals surface area contributed by atoms with Gasteiger partial charge in [0.05, 0.1) is 12.2 Å². The van der Waals surface area contributed by atoms with Gasteiger partial charge in [-0.15, -0.1) is 0 Å². The Kier molecular flexibility index (Phi) is 4.17. The molecule has 0 amide bonds. The summed E-state index contributed by atoms with van der Waals surface area (Å²) in [5.74, 6) is 0.831. The fraction of sp³-hybridized carbons (Fsp3) is 0.385. The summed E-state index contributed by atoms with van der Waals surface area (Å²) in [4.78, 5) is 8.99. The summed E-state index contributed by atoms with van der Waals surface area (Å²) in [7, 11) is 0. The van der Waals surface area contributed by atoms with Gasteiger partial charge in [0.1, 0.15) is 5.65 Å². The SMILES string of the molecule is CCNC(=NCc1cn2ccccc2n1)NCC. The molecule has 96 valence electrons. The summed E-state index contributed by atoms with van der Waals surface area (Å²) < 4.78 is 2.00. The molecule has 2 aromatic rings. The molecule has 2 aromatic heterocycles. The van der Waals surface area contributed by atoms with Crippen LogP contribution in [0.3, 0.4) is 0 Å². The van der Waals surface area contributed by atoms with Gasteiger partial charge in [-0.05, 0) is 26.0 Å². The van der Waals surface area contributed by atoms with Crippen LogP contribution in [0.4, 0.5) is 0 Å². The van der Waals surface area contributed by atoms with E-state index in [1.165, 1.54) is 0 Å². The summed E-state index contributed by atoms with van der Waals surface area (Å²) in [6.45, 7) is 6.40. The lowest BCUT2D eigenvalue weighted by Gasteiger charge is -2.08. The molecule has 0 aliphatic heterocycles. The lowest BCUT2D eigenvalue weighted by molar-refractivity contribution is 0.835. The molecule has 0 aliphatic carbocycles. The normalized spacial score (nSPS) is 10.3. The summed E-state index contributed by atoms with van der Waals surface area (Å²) in [5, 5.41) is 6.38. The molecule has 2 rings (SSSR count). The zero-order valence-corrected chi connectivity index (χ0v) is 10.8. The van der Waals surface area contributed by atoms with Gasteiger partial charge < -0.3 is 15.0 Å². The van der Waals surface area contributed by atoms with E-state index in [1.807, 2.05) is 35.0 Å². The maximum absolute atomic E-state index is 4.51. The molecule has 0 aliphatic rings. The number of fused-ring (bicyclic) bond motifs is 1. The fourth-order valence-electron chi connectivity index (χ4n) is 1.73. The number of hydrogen-bond donors (Lipinski definition) is 2. The molecule has 0 radical (unpaired) electrons. The van der Waals surface area contributed by atoms with Crippen LogP contribution in [0.5, 0.6) is 0 Å². The smallest absolute Gasteiger partial charge is 0.191 e. The number of hydrogen-bond acceptors (Lipinski definition) is 2. The Morgan fingerprint density at radius 3 is 2.72 bits per heavy atom. The number of pyridine rings is 1. The average Bonchev–Trinajstić information content (AvgIpc) is 2.79. The average molecular weight is 245 g/mol. The molecule has 0 fully saturated rings. The van der Waals surface area contributed by atoms with E-state index in [0.29, 0.717) is 6.54 Å². The Morgan fingerprint density at radius 1 is 1.28 bits per heavy atom. The highest BCUT2D eigenvalue weighted by Gasteiger charge is 2.00. The van der Waals surface area contributed by atoms with Gasteiger partial charge in [0.15, 0.2) is 5.96 Å². The summed E-state index contributed by atoms with van der Waals surface area (Å²) in [6.07, 6.45) is 4.00. The van der Waals surface area contributed by atoms with E-state index in [-0.39, 0.29) is 0 Å². The van der Waals surface area contributed by atoms with Crippen molar-refractivity contribution in [2.75, 3.05) is 13.1 Å². The maximum atomic E-state index is 4.51. The summed E-state index contributed by atoms with van der Waals surface area (Å²) in [6, 6.07) is 5.96. The molecule has 0 bridgehead atoms. The minimum atomic E-state index is 0.580. The number of guanidine groups is 1. The van der Waals surface area contributed by atoms with Crippen molar-refractivity contribution >= 4 is 11.6 Å². The molecule has 5 nitrogen and oxygen atoms in total. The van der Waals surface area contributed by atoms with E-state index in [0.717, 1.165) is 30.4 Å². The zero-order valence-electron chi connectivity index (χ0n) is 10.8. The fourth-order valence-corrected chi connectivity index (χ4v) is 1.73. The molecule has 0 unspecified atom stereocenters. The van der Waals surface area contributed by atoms with E-state index in [2.05, 4.69) is 34.5 Å². The van der Waals surface area contributed by atoms with Crippen molar-refractivity contribution < 1.29 is 0 Å². The number of nitrogens with one attached hydrogen (secondary N) is 2. The topological polar surface area (TPSA) is 53.7 Å². The van der Waals surface area contributed by atoms with Gasteiger partial charge >= 0.3 is 0 Å². The minimum absolute atomic E-state index is 0.580. The lowest BCUT2D eigenvalue weighted by atomic mass is 10.5. The number of aromatic nitrogens is 2. The number of rotatable bonds is 4. The first-order valence-corrected chi connectivity index (χ1v) is 6.28. The molecule has 0 aromatic carbocycles. The predicted molar refractivity (Wildman–Crippen MR) is 73.7 cm³/mol. The van der Waals surface area contributed by atoms with Crippen LogP contribution >= 0.6 is 0 Å². The van der Waals surface area contributed by atoms with Gasteiger partial charge in [-0.3, -0.25) is 0 Å². The van der Waals surface area contributed by atoms with Gasteiger partial charge in [-0.25, -0.2) is 9.98 Å². The van der Waals surface area contributed by atoms with E-state index in [1.54, 1.807) is 0 Å². The first-order chi connectivity index (χ1) is 8.83. The van der Waals surface area contributed by atoms with E-state index in [4.69, 9.17) is 0 Å². The van der Waals surface area contributed by atoms with Gasteiger partial charge in [0.25, 0.3) is 0 Å². The van der Waals surface area contributed by atoms with Crippen LogP contribution in [-0.2, 0) is 6.54 Å². The van der Waals surface area contributed by atoms with Crippen molar-refractivity contribution in [3.05, 3.63) is 36.3 Å². The quantitative estimate of drug-likeness (QED) is 0.632. The van der Waals surface area contributed by atoms with Gasteiger partial charge in [-0.1, -0.05) is 6.07 Å². The second-order valence-electron chi connectivity index (χ2n) is 3.92. The van der Waals surface area contributed by atoms with Crippen LogP contribution in [0, 0.1) is 0 Å². The number of nitrogens with zero attached hydrogens (tertiary/aromatic N) is 3. The Bertz CT molecular complexity index is 488. The van der Waals surface area contributed by atoms with Crippen molar-refractivity contribution in [3.8, 4) is 0 Å². The van der Waals surface area contributed by atoms with Crippen molar-refractivity contribution in [3.63, 3.8) is 0 Å². The maximum Gasteiger partial charge on any atom is 0.191 e. The largest absolute Gasteiger partial charge is 0.357 e. The third-order valence-electron chi connectivity index (χ3n) is 2.50. The third-order valence-corrected chi connectivity index (χ3v) is 2.50. The Hall–Kier alpha value is -2.04. The van der Waals surface area contributed by atoms with Crippen LogP contribution in [0.2, 0.25) is 0 Å². The first kappa shape index (κ1) is 12.4. The lowest BCUT2D eigenvalue weighted by Crippen LogP contribution is -2.36. The Labute approximate surface area is 107 Å². The van der Waals surface area contributed by atoms with Gasteiger partial charge in [0.2, 0.25) is 0 Å². The van der Waals surface area contributed by atoms with Crippen molar-refractivity contribution in [2.45, 2.75) is 20.4 Å². The Morgan fingerprint density at radius 2 is 2.06 bits per heavy atom. The highest BCUT2D eigenvalue weighted by atomic mass is 15.2. The van der Waals surface area contributed by atoms with Crippen LogP contribution in [0.1, 0.15) is 19.5 Å². The van der Waals surface area contributed by atoms with E-state index < -0.39 is 0 Å². The van der Waals surface area contributed by atoms with Crippen molar-refractivity contribution in [2.24, 2.45) is 4.99 Å². The molecular weight excluding hydrogens is 226 g/mol. The molecule has 5 heteroatoms. The predicted octanol–water partition coefficient (Wildman–Crippen LogP) is 1.41. The highest BCUT2D eigenvalue weighted by Crippen LogP contribution is 2.05. The Balaban J connectivity index is 2.09. The second-order valence-corrected chi connectivity index (χ2v) is 3.92. The van der Waals surface area contributed by atoms with Crippen LogP contribution in [-0.4, -0.2) is 28.4 Å². The van der Waals surface area contributed by atoms with E-state index >= 15 is 0 Å². The molecule has 0 saturated heterocycles. The highest BCUT2D eigenvalue weighted by molar-refractivity contribution is 5.79. The molecule has 0 saturated carbocycles. The minimum Gasteiger partial charge on any atom is -0.357 e. The monoisotopic (exact) mass is 245 g/mol. The van der Waals surface area contributed by atoms with Gasteiger partial charge in [-0.2, -0.15) is 0 Å². The molecule has 2 heterocycles. The summed E-state index contributed by atoms with van der Waals surface area (Å²) >= 11 is 0. The van der Waals surface area contributed by atoms with Crippen molar-refractivity contribution in [1.29, 1.82) is 0 Å². The standard InChI is InChI=1S/C13H19N5/c1-3-14-13(15-4-2)16-9-11-10-18-8-6-5-7-12(18)17-11/h5-8,10H,3-4,9H2,1-2H3,(H2,14,15,16). The zero-order chi connectivity index (χ0) is 12.8. The molecule has 0 spiro atoms. The number of aliphatic imine (C=N–C) groups is 1. The van der Waals surface area contributed by atoms with Crippen LogP contribution in [0.15, 0.2) is 35.6 Å². The number of imidazole rings is 1. The molecule has 0 atom stereocenters. The van der Waals surface area contributed by atoms with Crippen LogP contribution in [0.25, 0.3) is 5.65 Å². The van der Waals surface area contributed by atoms with E-state index in [9.17, 15) is 0 Å². The van der Waals surface area contributed by atoms with Crippen molar-refractivity contribution in [1.82, 2.24) is 20.0 Å². The molecule has 2 N–H and O–H groups in total.